The normalized spacial score (nSPS) is 13.2. The van der Waals surface area contributed by atoms with Crippen molar-refractivity contribution < 1.29 is 5.11 Å². The smallest absolute Gasteiger partial charge is 0.120 e. The molecule has 0 aliphatic rings. The molecule has 0 spiro atoms. The first-order chi connectivity index (χ1) is 9.41. The number of unbranched alkanes of at least 4 members (excludes halogenated alkanes) is 1. The van der Waals surface area contributed by atoms with Crippen molar-refractivity contribution in [1.82, 2.24) is 10.2 Å². The molecule has 1 atom stereocenters. The van der Waals surface area contributed by atoms with E-state index in [0.717, 1.165) is 25.1 Å². The van der Waals surface area contributed by atoms with Gasteiger partial charge in [0.2, 0.25) is 0 Å². The molecule has 20 heavy (non-hydrogen) atoms. The lowest BCUT2D eigenvalue weighted by Gasteiger charge is -2.21. The second-order valence-electron chi connectivity index (χ2n) is 6.02. The van der Waals surface area contributed by atoms with Gasteiger partial charge in [-0.05, 0) is 66.7 Å². The molecule has 1 unspecified atom stereocenters. The van der Waals surface area contributed by atoms with Crippen LogP contribution in [0.2, 0.25) is 0 Å². The Bertz CT molecular complexity index is 404. The minimum atomic E-state index is 0.192. The molecule has 0 aliphatic carbocycles. The third-order valence-corrected chi connectivity index (χ3v) is 3.92. The van der Waals surface area contributed by atoms with E-state index in [9.17, 15) is 5.11 Å². The predicted molar refractivity (Wildman–Crippen MR) is 86.3 cm³/mol. The van der Waals surface area contributed by atoms with Crippen molar-refractivity contribution in [3.63, 3.8) is 0 Å². The number of nitrogens with one attached hydrogen (secondary N) is 1. The van der Waals surface area contributed by atoms with Crippen molar-refractivity contribution in [2.24, 2.45) is 0 Å². The Morgan fingerprint density at radius 3 is 2.55 bits per heavy atom. The number of benzene rings is 1. The summed E-state index contributed by atoms with van der Waals surface area (Å²) in [5.74, 6) is 0.384. The maximum atomic E-state index is 9.90. The van der Waals surface area contributed by atoms with E-state index in [-0.39, 0.29) is 6.04 Å². The number of aromatic hydroxyl groups is 1. The zero-order valence-electron chi connectivity index (χ0n) is 13.6. The Morgan fingerprint density at radius 1 is 1.20 bits per heavy atom. The molecule has 1 rings (SSSR count). The van der Waals surface area contributed by atoms with Gasteiger partial charge in [-0.2, -0.15) is 0 Å². The molecule has 1 aromatic rings. The number of nitrogens with zero attached hydrogens (tertiary/aromatic N) is 1. The molecule has 0 saturated carbocycles. The van der Waals surface area contributed by atoms with Gasteiger partial charge in [0.25, 0.3) is 0 Å². The Kier molecular flexibility index (Phi) is 7.03. The number of rotatable bonds is 8. The molecule has 3 nitrogen and oxygen atoms in total. The maximum Gasteiger partial charge on any atom is 0.120 e. The summed E-state index contributed by atoms with van der Waals surface area (Å²) < 4.78 is 0. The highest BCUT2D eigenvalue weighted by atomic mass is 16.3. The van der Waals surface area contributed by atoms with Crippen LogP contribution in [0.1, 0.15) is 50.8 Å². The van der Waals surface area contributed by atoms with E-state index >= 15 is 0 Å². The van der Waals surface area contributed by atoms with Crippen molar-refractivity contribution >= 4 is 0 Å². The van der Waals surface area contributed by atoms with Crippen molar-refractivity contribution in [2.75, 3.05) is 20.1 Å². The first-order valence-corrected chi connectivity index (χ1v) is 7.65. The monoisotopic (exact) mass is 278 g/mol. The summed E-state index contributed by atoms with van der Waals surface area (Å²) in [6.45, 7) is 10.7. The highest BCUT2D eigenvalue weighted by molar-refractivity contribution is 5.37. The molecular formula is C17H30N2O. The average Bonchev–Trinajstić information content (AvgIpc) is 2.40. The average molecular weight is 278 g/mol. The van der Waals surface area contributed by atoms with Gasteiger partial charge in [0, 0.05) is 17.6 Å². The molecule has 0 bridgehead atoms. The molecule has 2 N–H and O–H groups in total. The third-order valence-electron chi connectivity index (χ3n) is 3.92. The van der Waals surface area contributed by atoms with E-state index in [1.165, 1.54) is 12.0 Å². The van der Waals surface area contributed by atoms with Gasteiger partial charge < -0.3 is 15.3 Å². The van der Waals surface area contributed by atoms with E-state index < -0.39 is 0 Å². The summed E-state index contributed by atoms with van der Waals surface area (Å²) in [5.41, 5.74) is 2.18. The van der Waals surface area contributed by atoms with Gasteiger partial charge in [-0.15, -0.1) is 0 Å². The van der Waals surface area contributed by atoms with Crippen LogP contribution in [-0.2, 0) is 0 Å². The second kappa shape index (κ2) is 8.28. The minimum Gasteiger partial charge on any atom is -0.508 e. The molecule has 1 aromatic carbocycles. The van der Waals surface area contributed by atoms with E-state index in [1.54, 1.807) is 6.07 Å². The van der Waals surface area contributed by atoms with Crippen LogP contribution in [0.3, 0.4) is 0 Å². The molecule has 0 saturated heterocycles. The van der Waals surface area contributed by atoms with Gasteiger partial charge in [-0.3, -0.25) is 0 Å². The van der Waals surface area contributed by atoms with Crippen LogP contribution in [-0.4, -0.2) is 36.2 Å². The van der Waals surface area contributed by atoms with Crippen LogP contribution >= 0.6 is 0 Å². The van der Waals surface area contributed by atoms with Crippen LogP contribution in [0.5, 0.6) is 5.75 Å². The van der Waals surface area contributed by atoms with Gasteiger partial charge in [-0.25, -0.2) is 0 Å². The SMILES string of the molecule is Cc1ccc(O)c(C(C)NCCCCN(C)C(C)C)c1. The molecule has 0 aliphatic heterocycles. The van der Waals surface area contributed by atoms with Gasteiger partial charge in [0.15, 0.2) is 0 Å². The topological polar surface area (TPSA) is 35.5 Å². The lowest BCUT2D eigenvalue weighted by Crippen LogP contribution is -2.28. The number of hydrogen-bond acceptors (Lipinski definition) is 3. The first-order valence-electron chi connectivity index (χ1n) is 7.65. The molecular weight excluding hydrogens is 248 g/mol. The summed E-state index contributed by atoms with van der Waals surface area (Å²) in [4.78, 5) is 2.37. The fourth-order valence-electron chi connectivity index (χ4n) is 2.19. The van der Waals surface area contributed by atoms with E-state index in [0.29, 0.717) is 11.8 Å². The summed E-state index contributed by atoms with van der Waals surface area (Å²) >= 11 is 0. The Labute approximate surface area is 124 Å². The Balaban J connectivity index is 2.30. The van der Waals surface area contributed by atoms with Crippen molar-refractivity contribution in [3.05, 3.63) is 29.3 Å². The molecule has 0 heterocycles. The molecule has 0 fully saturated rings. The van der Waals surface area contributed by atoms with Gasteiger partial charge in [0.1, 0.15) is 5.75 Å². The Hall–Kier alpha value is -1.06. The van der Waals surface area contributed by atoms with Gasteiger partial charge in [-0.1, -0.05) is 17.7 Å². The lowest BCUT2D eigenvalue weighted by molar-refractivity contribution is 0.267. The summed E-state index contributed by atoms with van der Waals surface area (Å²) in [7, 11) is 2.17. The quantitative estimate of drug-likeness (QED) is 0.715. The standard InChI is InChI=1S/C17H30N2O/c1-13(2)19(5)11-7-6-10-18-15(4)16-12-14(3)8-9-17(16)20/h8-9,12-13,15,18,20H,6-7,10-11H2,1-5H3. The van der Waals surface area contributed by atoms with E-state index in [1.807, 2.05) is 6.07 Å². The highest BCUT2D eigenvalue weighted by Gasteiger charge is 2.09. The fraction of sp³-hybridized carbons (Fsp3) is 0.647. The lowest BCUT2D eigenvalue weighted by atomic mass is 10.0. The molecule has 0 amide bonds. The predicted octanol–water partition coefficient (Wildman–Crippen LogP) is 3.47. The fourth-order valence-corrected chi connectivity index (χ4v) is 2.19. The van der Waals surface area contributed by atoms with Crippen LogP contribution in [0.25, 0.3) is 0 Å². The van der Waals surface area contributed by atoms with E-state index in [4.69, 9.17) is 0 Å². The van der Waals surface area contributed by atoms with Crippen LogP contribution in [0.4, 0.5) is 0 Å². The third kappa shape index (κ3) is 5.51. The largest absolute Gasteiger partial charge is 0.508 e. The maximum absolute atomic E-state index is 9.90. The zero-order chi connectivity index (χ0) is 15.1. The van der Waals surface area contributed by atoms with Gasteiger partial charge >= 0.3 is 0 Å². The van der Waals surface area contributed by atoms with Crippen LogP contribution in [0, 0.1) is 6.92 Å². The molecule has 0 radical (unpaired) electrons. The summed E-state index contributed by atoms with van der Waals surface area (Å²) in [6.07, 6.45) is 2.36. The van der Waals surface area contributed by atoms with Crippen LogP contribution in [0.15, 0.2) is 18.2 Å². The van der Waals surface area contributed by atoms with Crippen molar-refractivity contribution in [2.45, 2.75) is 52.6 Å². The first kappa shape index (κ1) is 17.0. The van der Waals surface area contributed by atoms with Crippen molar-refractivity contribution in [1.29, 1.82) is 0 Å². The molecule has 114 valence electrons. The van der Waals surface area contributed by atoms with Crippen LogP contribution < -0.4 is 5.32 Å². The summed E-state index contributed by atoms with van der Waals surface area (Å²) in [5, 5.41) is 13.4. The number of hydrogen-bond donors (Lipinski definition) is 2. The molecule has 0 aromatic heterocycles. The minimum absolute atomic E-state index is 0.192. The number of aryl methyl sites for hydroxylation is 1. The zero-order valence-corrected chi connectivity index (χ0v) is 13.6. The number of phenols is 1. The van der Waals surface area contributed by atoms with Crippen molar-refractivity contribution in [3.8, 4) is 5.75 Å². The summed E-state index contributed by atoms with van der Waals surface area (Å²) in [6, 6.07) is 6.58. The Morgan fingerprint density at radius 2 is 1.90 bits per heavy atom. The van der Waals surface area contributed by atoms with Gasteiger partial charge in [0.05, 0.1) is 0 Å². The highest BCUT2D eigenvalue weighted by Crippen LogP contribution is 2.24. The number of phenolic OH excluding ortho intramolecular Hbond substituents is 1. The second-order valence-corrected chi connectivity index (χ2v) is 6.02. The molecule has 3 heteroatoms. The van der Waals surface area contributed by atoms with E-state index in [2.05, 4.69) is 51.0 Å².